The lowest BCUT2D eigenvalue weighted by Gasteiger charge is -2.26. The quantitative estimate of drug-likeness (QED) is 0.684. The fourth-order valence-corrected chi connectivity index (χ4v) is 2.42. The third-order valence-corrected chi connectivity index (χ3v) is 3.52. The molecule has 0 aromatic heterocycles. The second kappa shape index (κ2) is 6.72. The maximum absolute atomic E-state index is 12.4. The summed E-state index contributed by atoms with van der Waals surface area (Å²) >= 11 is 0. The number of rotatable bonds is 3. The van der Waals surface area contributed by atoms with Gasteiger partial charge in [-0.25, -0.2) is 4.79 Å². The molecule has 1 aromatic rings. The first-order valence-electron chi connectivity index (χ1n) is 6.95. The van der Waals surface area contributed by atoms with Crippen LogP contribution in [-0.4, -0.2) is 12.6 Å². The molecule has 5 heteroatoms. The average molecular weight is 308 g/mol. The van der Waals surface area contributed by atoms with Gasteiger partial charge in [0.2, 0.25) is 5.88 Å². The van der Waals surface area contributed by atoms with Crippen molar-refractivity contribution in [2.24, 2.45) is 5.73 Å². The topological polar surface area (TPSA) is 85.3 Å². The maximum Gasteiger partial charge on any atom is 0.339 e. The van der Waals surface area contributed by atoms with E-state index in [0.29, 0.717) is 5.76 Å². The number of nitrogens with two attached hydrogens (primary N) is 1. The van der Waals surface area contributed by atoms with Crippen LogP contribution in [0.3, 0.4) is 0 Å². The number of hydrogen-bond donors (Lipinski definition) is 1. The fraction of sp³-hybridized carbons (Fsp3) is 0.222. The number of carbonyl (C=O) groups excluding carboxylic acids is 1. The van der Waals surface area contributed by atoms with Gasteiger partial charge in [0.25, 0.3) is 0 Å². The summed E-state index contributed by atoms with van der Waals surface area (Å²) in [4.78, 5) is 12.4. The van der Waals surface area contributed by atoms with Crippen LogP contribution in [-0.2, 0) is 14.3 Å². The number of allylic oxidation sites excluding steroid dienone is 2. The molecule has 0 saturated carbocycles. The molecule has 0 fully saturated rings. The second-order valence-electron chi connectivity index (χ2n) is 5.09. The third kappa shape index (κ3) is 3.20. The highest BCUT2D eigenvalue weighted by Gasteiger charge is 2.36. The molecule has 0 bridgehead atoms. The monoisotopic (exact) mass is 308 g/mol. The normalized spacial score (nSPS) is 17.1. The number of nitrogens with zero attached hydrogens (tertiary/aromatic N) is 1. The van der Waals surface area contributed by atoms with Crippen LogP contribution in [0, 0.1) is 30.6 Å². The molecule has 1 heterocycles. The Bertz CT molecular complexity index is 774. The lowest BCUT2D eigenvalue weighted by molar-refractivity contribution is -0.138. The van der Waals surface area contributed by atoms with Crippen molar-refractivity contribution < 1.29 is 14.3 Å². The van der Waals surface area contributed by atoms with E-state index in [-0.39, 0.29) is 23.6 Å². The van der Waals surface area contributed by atoms with Gasteiger partial charge in [0, 0.05) is 0 Å². The summed E-state index contributed by atoms with van der Waals surface area (Å²) in [5.41, 5.74) is 8.04. The highest BCUT2D eigenvalue weighted by atomic mass is 16.5. The van der Waals surface area contributed by atoms with Crippen molar-refractivity contribution in [3.8, 4) is 18.4 Å². The van der Waals surface area contributed by atoms with Gasteiger partial charge in [-0.15, -0.1) is 6.42 Å². The van der Waals surface area contributed by atoms with Gasteiger partial charge in [0.1, 0.15) is 17.4 Å². The SMILES string of the molecule is C#CCOC(=O)C1=C(C)OC(N)=C(C#N)C1c1ccc(C)cc1. The molecule has 1 aliphatic rings. The average Bonchev–Trinajstić information content (AvgIpc) is 2.52. The molecule has 116 valence electrons. The molecule has 0 aliphatic carbocycles. The van der Waals surface area contributed by atoms with Gasteiger partial charge < -0.3 is 15.2 Å². The molecular weight excluding hydrogens is 292 g/mol. The van der Waals surface area contributed by atoms with Crippen LogP contribution in [0.15, 0.2) is 47.1 Å². The van der Waals surface area contributed by atoms with Crippen LogP contribution < -0.4 is 5.73 Å². The first kappa shape index (κ1) is 16.2. The molecular formula is C18H16N2O3. The number of carbonyl (C=O) groups is 1. The molecule has 5 nitrogen and oxygen atoms in total. The van der Waals surface area contributed by atoms with E-state index >= 15 is 0 Å². The second-order valence-corrected chi connectivity index (χ2v) is 5.09. The Morgan fingerprint density at radius 1 is 1.39 bits per heavy atom. The van der Waals surface area contributed by atoms with E-state index in [4.69, 9.17) is 21.6 Å². The van der Waals surface area contributed by atoms with Crippen LogP contribution in [0.25, 0.3) is 0 Å². The number of esters is 1. The van der Waals surface area contributed by atoms with Crippen molar-refractivity contribution in [2.75, 3.05) is 6.61 Å². The predicted octanol–water partition coefficient (Wildman–Crippen LogP) is 2.25. The minimum absolute atomic E-state index is 0.0101. The maximum atomic E-state index is 12.4. The van der Waals surface area contributed by atoms with Crippen LogP contribution in [0.5, 0.6) is 0 Å². The largest absolute Gasteiger partial charge is 0.449 e. The molecule has 2 rings (SSSR count). The van der Waals surface area contributed by atoms with Crippen LogP contribution in [0.4, 0.5) is 0 Å². The molecule has 0 saturated heterocycles. The summed E-state index contributed by atoms with van der Waals surface area (Å²) in [6.07, 6.45) is 5.12. The van der Waals surface area contributed by atoms with Gasteiger partial charge in [0.15, 0.2) is 6.61 Å². The predicted molar refractivity (Wildman–Crippen MR) is 84.3 cm³/mol. The standard InChI is InChI=1S/C18H16N2O3/c1-4-9-22-18(21)15-12(3)23-17(20)14(10-19)16(15)13-7-5-11(2)6-8-13/h1,5-8,16H,9,20H2,2-3H3. The summed E-state index contributed by atoms with van der Waals surface area (Å²) < 4.78 is 10.4. The van der Waals surface area contributed by atoms with Gasteiger partial charge >= 0.3 is 5.97 Å². The van der Waals surface area contributed by atoms with Crippen molar-refractivity contribution in [3.63, 3.8) is 0 Å². The van der Waals surface area contributed by atoms with Crippen LogP contribution in [0.2, 0.25) is 0 Å². The Morgan fingerprint density at radius 2 is 2.04 bits per heavy atom. The summed E-state index contributed by atoms with van der Waals surface area (Å²) in [6.45, 7) is 3.40. The molecule has 23 heavy (non-hydrogen) atoms. The number of hydrogen-bond acceptors (Lipinski definition) is 5. The minimum atomic E-state index is -0.639. The molecule has 0 spiro atoms. The summed E-state index contributed by atoms with van der Waals surface area (Å²) in [5.74, 6) is 1.27. The van der Waals surface area contributed by atoms with Gasteiger partial charge in [-0.2, -0.15) is 5.26 Å². The van der Waals surface area contributed by atoms with E-state index in [1.807, 2.05) is 37.3 Å². The first-order chi connectivity index (χ1) is 11.0. The molecule has 1 aliphatic heterocycles. The minimum Gasteiger partial charge on any atom is -0.449 e. The first-order valence-corrected chi connectivity index (χ1v) is 6.95. The highest BCUT2D eigenvalue weighted by Crippen LogP contribution is 2.39. The van der Waals surface area contributed by atoms with Crippen molar-refractivity contribution >= 4 is 5.97 Å². The lowest BCUT2D eigenvalue weighted by atomic mass is 9.83. The molecule has 0 amide bonds. The van der Waals surface area contributed by atoms with Crippen molar-refractivity contribution in [3.05, 3.63) is 58.2 Å². The zero-order valence-electron chi connectivity index (χ0n) is 12.9. The van der Waals surface area contributed by atoms with E-state index in [9.17, 15) is 10.1 Å². The van der Waals surface area contributed by atoms with E-state index in [2.05, 4.69) is 5.92 Å². The highest BCUT2D eigenvalue weighted by molar-refractivity contribution is 5.92. The van der Waals surface area contributed by atoms with E-state index in [1.54, 1.807) is 6.92 Å². The number of terminal acetylenes is 1. The van der Waals surface area contributed by atoms with E-state index < -0.39 is 11.9 Å². The Hall–Kier alpha value is -3.18. The van der Waals surface area contributed by atoms with Crippen LogP contribution >= 0.6 is 0 Å². The summed E-state index contributed by atoms with van der Waals surface area (Å²) in [6, 6.07) is 9.51. The fourth-order valence-electron chi connectivity index (χ4n) is 2.42. The smallest absolute Gasteiger partial charge is 0.339 e. The number of nitriles is 1. The molecule has 1 aromatic carbocycles. The Balaban J connectivity index is 2.55. The van der Waals surface area contributed by atoms with Crippen LogP contribution in [0.1, 0.15) is 24.0 Å². The lowest BCUT2D eigenvalue weighted by Crippen LogP contribution is -2.25. The Morgan fingerprint density at radius 3 is 2.61 bits per heavy atom. The summed E-state index contributed by atoms with van der Waals surface area (Å²) in [7, 11) is 0. The molecule has 2 N–H and O–H groups in total. The van der Waals surface area contributed by atoms with Gasteiger partial charge in [-0.3, -0.25) is 0 Å². The Labute approximate surface area is 135 Å². The number of aryl methyl sites for hydroxylation is 1. The molecule has 1 atom stereocenters. The summed E-state index contributed by atoms with van der Waals surface area (Å²) in [5, 5.41) is 9.43. The van der Waals surface area contributed by atoms with Crippen molar-refractivity contribution in [2.45, 2.75) is 19.8 Å². The van der Waals surface area contributed by atoms with Gasteiger partial charge in [-0.05, 0) is 19.4 Å². The third-order valence-electron chi connectivity index (χ3n) is 3.52. The van der Waals surface area contributed by atoms with E-state index in [0.717, 1.165) is 11.1 Å². The Kier molecular flexibility index (Phi) is 4.73. The number of ether oxygens (including phenoxy) is 2. The van der Waals surface area contributed by atoms with Crippen molar-refractivity contribution in [1.82, 2.24) is 0 Å². The molecule has 1 unspecified atom stereocenters. The van der Waals surface area contributed by atoms with E-state index in [1.165, 1.54) is 0 Å². The van der Waals surface area contributed by atoms with Gasteiger partial charge in [0.05, 0.1) is 11.5 Å². The number of benzene rings is 1. The molecule has 0 radical (unpaired) electrons. The zero-order valence-corrected chi connectivity index (χ0v) is 12.9. The van der Waals surface area contributed by atoms with Gasteiger partial charge in [-0.1, -0.05) is 35.7 Å². The zero-order chi connectivity index (χ0) is 17.0. The van der Waals surface area contributed by atoms with Crippen molar-refractivity contribution in [1.29, 1.82) is 5.26 Å².